The molecule has 0 amide bonds. The smallest absolute Gasteiger partial charge is 0.102 e. The maximum Gasteiger partial charge on any atom is 0.102 e. The van der Waals surface area contributed by atoms with Gasteiger partial charge >= 0.3 is 0 Å². The first-order valence-corrected chi connectivity index (χ1v) is 3.72. The molecule has 0 spiro atoms. The van der Waals surface area contributed by atoms with Gasteiger partial charge in [-0.05, 0) is 19.4 Å². The van der Waals surface area contributed by atoms with Gasteiger partial charge in [0.05, 0.1) is 0 Å². The summed E-state index contributed by atoms with van der Waals surface area (Å²) in [6.07, 6.45) is 7.07. The molecule has 2 nitrogen and oxygen atoms in total. The van der Waals surface area contributed by atoms with E-state index in [1.54, 1.807) is 6.20 Å². The van der Waals surface area contributed by atoms with Crippen LogP contribution in [0.3, 0.4) is 0 Å². The Morgan fingerprint density at radius 1 is 1.60 bits per heavy atom. The van der Waals surface area contributed by atoms with E-state index in [2.05, 4.69) is 24.1 Å². The molecule has 1 unspecified atom stereocenters. The molecule has 1 aliphatic heterocycles. The summed E-state index contributed by atoms with van der Waals surface area (Å²) in [5.41, 5.74) is -0.226. The van der Waals surface area contributed by atoms with Gasteiger partial charge in [0.2, 0.25) is 0 Å². The van der Waals surface area contributed by atoms with Gasteiger partial charge in [0, 0.05) is 6.20 Å². The quantitative estimate of drug-likeness (QED) is 0.571. The topological polar surface area (TPSA) is 24.7 Å². The highest BCUT2D eigenvalue weighted by Gasteiger charge is 2.21. The number of nitrogens with zero attached hydrogens (tertiary/aromatic N) is 2. The molecule has 1 heterocycles. The maximum absolute atomic E-state index is 4.01. The van der Waals surface area contributed by atoms with Crippen molar-refractivity contribution in [3.05, 3.63) is 19.2 Å². The van der Waals surface area contributed by atoms with E-state index in [4.69, 9.17) is 0 Å². The number of azo groups is 1. The number of hydrogen-bond donors (Lipinski definition) is 0. The van der Waals surface area contributed by atoms with Crippen LogP contribution in [0.4, 0.5) is 0 Å². The largest absolute Gasteiger partial charge is 0.178 e. The zero-order valence-corrected chi connectivity index (χ0v) is 6.38. The van der Waals surface area contributed by atoms with Crippen molar-refractivity contribution in [3.8, 4) is 0 Å². The molecule has 55 valence electrons. The maximum atomic E-state index is 4.01. The number of unbranched alkanes of at least 4 members (excludes halogenated alkanes) is 1. The second-order valence-electron chi connectivity index (χ2n) is 2.74. The second kappa shape index (κ2) is 2.95. The van der Waals surface area contributed by atoms with Crippen molar-refractivity contribution in [3.63, 3.8) is 0 Å². The summed E-state index contributed by atoms with van der Waals surface area (Å²) in [4.78, 5) is 0. The summed E-state index contributed by atoms with van der Waals surface area (Å²) >= 11 is 0. The molecular formula is C8H13N2. The Hall–Kier alpha value is -0.660. The van der Waals surface area contributed by atoms with E-state index in [0.29, 0.717) is 0 Å². The molecule has 0 saturated carbocycles. The molecule has 0 bridgehead atoms. The standard InChI is InChI=1S/C8H13N2/c1-3-4-5-8(2)6-7-9-10-8/h6-7H,2-5H2,1H3. The molecular weight excluding hydrogens is 124 g/mol. The first kappa shape index (κ1) is 7.45. The van der Waals surface area contributed by atoms with Crippen molar-refractivity contribution in [2.45, 2.75) is 31.7 Å². The van der Waals surface area contributed by atoms with Crippen LogP contribution in [-0.4, -0.2) is 5.54 Å². The zero-order valence-electron chi connectivity index (χ0n) is 6.38. The second-order valence-corrected chi connectivity index (χ2v) is 2.74. The Kier molecular flexibility index (Phi) is 2.20. The lowest BCUT2D eigenvalue weighted by Crippen LogP contribution is -2.15. The predicted octanol–water partition coefficient (Wildman–Crippen LogP) is 2.73. The van der Waals surface area contributed by atoms with Crippen molar-refractivity contribution >= 4 is 0 Å². The van der Waals surface area contributed by atoms with Crippen molar-refractivity contribution in [1.29, 1.82) is 0 Å². The molecule has 0 aromatic carbocycles. The summed E-state index contributed by atoms with van der Waals surface area (Å²) in [5.74, 6) is 0. The molecule has 1 radical (unpaired) electrons. The van der Waals surface area contributed by atoms with Crippen LogP contribution in [0.1, 0.15) is 26.2 Å². The van der Waals surface area contributed by atoms with E-state index in [0.717, 1.165) is 6.42 Å². The predicted molar refractivity (Wildman–Crippen MR) is 41.6 cm³/mol. The van der Waals surface area contributed by atoms with Gasteiger partial charge in [-0.3, -0.25) is 0 Å². The van der Waals surface area contributed by atoms with Crippen molar-refractivity contribution in [1.82, 2.24) is 0 Å². The average molecular weight is 137 g/mol. The Labute approximate surface area is 62.0 Å². The summed E-state index contributed by atoms with van der Waals surface area (Å²) in [6, 6.07) is 0. The molecule has 1 atom stereocenters. The lowest BCUT2D eigenvalue weighted by molar-refractivity contribution is 0.548. The Bertz CT molecular complexity index is 147. The molecule has 0 fully saturated rings. The molecule has 0 aromatic rings. The average Bonchev–Trinajstić information content (AvgIpc) is 2.33. The molecule has 0 saturated heterocycles. The molecule has 1 rings (SSSR count). The monoisotopic (exact) mass is 137 g/mol. The van der Waals surface area contributed by atoms with E-state index >= 15 is 0 Å². The van der Waals surface area contributed by atoms with Crippen LogP contribution in [-0.2, 0) is 0 Å². The van der Waals surface area contributed by atoms with Crippen molar-refractivity contribution in [2.75, 3.05) is 0 Å². The van der Waals surface area contributed by atoms with Crippen LogP contribution in [0.5, 0.6) is 0 Å². The number of hydrogen-bond acceptors (Lipinski definition) is 2. The highest BCUT2D eigenvalue weighted by atomic mass is 15.2. The van der Waals surface area contributed by atoms with Gasteiger partial charge in [-0.25, -0.2) is 0 Å². The van der Waals surface area contributed by atoms with Crippen molar-refractivity contribution < 1.29 is 0 Å². The van der Waals surface area contributed by atoms with Crippen LogP contribution in [0.15, 0.2) is 22.5 Å². The van der Waals surface area contributed by atoms with Crippen LogP contribution in [0.2, 0.25) is 0 Å². The van der Waals surface area contributed by atoms with E-state index in [-0.39, 0.29) is 5.54 Å². The molecule has 0 aromatic heterocycles. The molecule has 1 aliphatic rings. The fourth-order valence-corrected chi connectivity index (χ4v) is 0.970. The SMILES string of the molecule is [CH2]C1(CCCC)C=CN=N1. The van der Waals surface area contributed by atoms with Gasteiger partial charge in [0.15, 0.2) is 0 Å². The summed E-state index contributed by atoms with van der Waals surface area (Å²) in [6.45, 7) is 6.13. The fraction of sp³-hybridized carbons (Fsp3) is 0.625. The van der Waals surface area contributed by atoms with Crippen molar-refractivity contribution in [2.24, 2.45) is 10.2 Å². The third-order valence-corrected chi connectivity index (χ3v) is 1.67. The lowest BCUT2D eigenvalue weighted by atomic mass is 9.97. The summed E-state index contributed by atoms with van der Waals surface area (Å²) in [5, 5.41) is 7.78. The minimum Gasteiger partial charge on any atom is -0.178 e. The molecule has 2 heteroatoms. The summed E-state index contributed by atoms with van der Waals surface area (Å²) in [7, 11) is 0. The van der Waals surface area contributed by atoms with Crippen LogP contribution < -0.4 is 0 Å². The normalized spacial score (nSPS) is 29.8. The third kappa shape index (κ3) is 1.66. The van der Waals surface area contributed by atoms with Gasteiger partial charge in [-0.2, -0.15) is 10.2 Å². The van der Waals surface area contributed by atoms with E-state index in [9.17, 15) is 0 Å². The van der Waals surface area contributed by atoms with Gasteiger partial charge in [-0.15, -0.1) is 0 Å². The van der Waals surface area contributed by atoms with Gasteiger partial charge < -0.3 is 0 Å². The highest BCUT2D eigenvalue weighted by Crippen LogP contribution is 2.24. The Balaban J connectivity index is 2.38. The fourth-order valence-electron chi connectivity index (χ4n) is 0.970. The Morgan fingerprint density at radius 2 is 2.40 bits per heavy atom. The molecule has 0 N–H and O–H groups in total. The van der Waals surface area contributed by atoms with Crippen LogP contribution >= 0.6 is 0 Å². The Morgan fingerprint density at radius 3 is 2.90 bits per heavy atom. The summed E-state index contributed by atoms with van der Waals surface area (Å²) < 4.78 is 0. The molecule has 0 aliphatic carbocycles. The van der Waals surface area contributed by atoms with E-state index in [1.807, 2.05) is 6.08 Å². The van der Waals surface area contributed by atoms with E-state index < -0.39 is 0 Å². The highest BCUT2D eigenvalue weighted by molar-refractivity contribution is 5.11. The van der Waals surface area contributed by atoms with Crippen LogP contribution in [0.25, 0.3) is 0 Å². The third-order valence-electron chi connectivity index (χ3n) is 1.67. The molecule has 10 heavy (non-hydrogen) atoms. The lowest BCUT2D eigenvalue weighted by Gasteiger charge is -2.14. The first-order chi connectivity index (χ1) is 4.77. The van der Waals surface area contributed by atoms with Crippen LogP contribution in [0, 0.1) is 6.92 Å². The minimum atomic E-state index is -0.226. The van der Waals surface area contributed by atoms with E-state index in [1.165, 1.54) is 12.8 Å². The number of rotatable bonds is 3. The minimum absolute atomic E-state index is 0.226. The van der Waals surface area contributed by atoms with Gasteiger partial charge in [0.1, 0.15) is 5.54 Å². The first-order valence-electron chi connectivity index (χ1n) is 3.72. The zero-order chi connectivity index (χ0) is 7.45. The van der Waals surface area contributed by atoms with Gasteiger partial charge in [-0.1, -0.05) is 19.8 Å². The van der Waals surface area contributed by atoms with Gasteiger partial charge in [0.25, 0.3) is 0 Å².